The summed E-state index contributed by atoms with van der Waals surface area (Å²) in [6.07, 6.45) is 4.65. The second-order valence-electron chi connectivity index (χ2n) is 8.49. The van der Waals surface area contributed by atoms with Crippen molar-refractivity contribution in [1.82, 2.24) is 19.7 Å². The summed E-state index contributed by atoms with van der Waals surface area (Å²) in [5.74, 6) is -2.30. The Balaban J connectivity index is 1.45. The topological polar surface area (TPSA) is 150 Å². The number of carbonyl (C=O) groups is 1. The van der Waals surface area contributed by atoms with Crippen LogP contribution in [0, 0.1) is 23.5 Å². The minimum absolute atomic E-state index is 0.0134. The molecule has 0 spiro atoms. The number of hydrogen-bond acceptors (Lipinski definition) is 8. The Morgan fingerprint density at radius 2 is 2.06 bits per heavy atom. The number of rotatable bonds is 9. The number of aliphatic hydroxyl groups is 1. The van der Waals surface area contributed by atoms with Crippen LogP contribution in [0.5, 0.6) is 0 Å². The molecule has 1 aliphatic carbocycles. The van der Waals surface area contributed by atoms with Crippen LogP contribution in [-0.2, 0) is 27.5 Å². The minimum atomic E-state index is -4.11. The molecular weight excluding hydrogens is 484 g/mol. The predicted molar refractivity (Wildman–Crippen MR) is 118 cm³/mol. The molecule has 0 amide bonds. The smallest absolute Gasteiger partial charge is 0.333 e. The first-order chi connectivity index (χ1) is 16.6. The molecule has 13 heteroatoms. The molecule has 1 saturated carbocycles. The Bertz CT molecular complexity index is 1330. The molecule has 1 fully saturated rings. The van der Waals surface area contributed by atoms with Gasteiger partial charge in [-0.2, -0.15) is 13.5 Å². The lowest BCUT2D eigenvalue weighted by Gasteiger charge is -2.13. The maximum atomic E-state index is 13.9. The number of aromatic nitrogens is 4. The molecule has 0 aliphatic heterocycles. The van der Waals surface area contributed by atoms with Crippen molar-refractivity contribution in [3.8, 4) is 0 Å². The van der Waals surface area contributed by atoms with E-state index in [-0.39, 0.29) is 35.9 Å². The van der Waals surface area contributed by atoms with E-state index in [0.29, 0.717) is 25.0 Å². The minimum Gasteiger partial charge on any atom is -0.393 e. The van der Waals surface area contributed by atoms with Gasteiger partial charge in [0.05, 0.1) is 30.5 Å². The highest BCUT2D eigenvalue weighted by Gasteiger charge is 2.35. The van der Waals surface area contributed by atoms with Crippen LogP contribution in [-0.4, -0.2) is 51.8 Å². The molecule has 3 atom stereocenters. The fourth-order valence-corrected chi connectivity index (χ4v) is 4.62. The van der Waals surface area contributed by atoms with Crippen molar-refractivity contribution in [1.29, 1.82) is 0 Å². The number of halogens is 2. The number of ketones is 1. The van der Waals surface area contributed by atoms with E-state index in [1.54, 1.807) is 0 Å². The molecular formula is C22H23F2N5O5S. The van der Waals surface area contributed by atoms with Crippen LogP contribution in [0.4, 0.5) is 8.78 Å². The van der Waals surface area contributed by atoms with Crippen LogP contribution in [0.3, 0.4) is 0 Å². The summed E-state index contributed by atoms with van der Waals surface area (Å²) in [7, 11) is -4.11. The highest BCUT2D eigenvalue weighted by molar-refractivity contribution is 7.84. The van der Waals surface area contributed by atoms with Crippen molar-refractivity contribution < 1.29 is 31.3 Å². The summed E-state index contributed by atoms with van der Waals surface area (Å²) in [6.45, 7) is -0.211. The van der Waals surface area contributed by atoms with Gasteiger partial charge in [-0.05, 0) is 37.3 Å². The van der Waals surface area contributed by atoms with Gasteiger partial charge in [0.2, 0.25) is 5.78 Å². The van der Waals surface area contributed by atoms with Gasteiger partial charge in [-0.25, -0.2) is 23.9 Å². The first-order valence-electron chi connectivity index (χ1n) is 10.7. The molecule has 0 bridgehead atoms. The maximum absolute atomic E-state index is 13.9. The fraction of sp³-hybridized carbons (Fsp3) is 0.364. The van der Waals surface area contributed by atoms with Gasteiger partial charge in [0, 0.05) is 29.9 Å². The molecule has 0 unspecified atom stereocenters. The summed E-state index contributed by atoms with van der Waals surface area (Å²) >= 11 is 0. The van der Waals surface area contributed by atoms with Crippen LogP contribution in [0.15, 0.2) is 43.0 Å². The van der Waals surface area contributed by atoms with Crippen LogP contribution in [0.25, 0.3) is 0 Å². The third kappa shape index (κ3) is 6.31. The van der Waals surface area contributed by atoms with Crippen molar-refractivity contribution >= 4 is 16.1 Å². The first-order valence-corrected chi connectivity index (χ1v) is 12.2. The monoisotopic (exact) mass is 507 g/mol. The Kier molecular flexibility index (Phi) is 7.31. The lowest BCUT2D eigenvalue weighted by atomic mass is 9.96. The first kappa shape index (κ1) is 25.0. The van der Waals surface area contributed by atoms with E-state index in [0.717, 1.165) is 12.1 Å². The normalized spacial score (nSPS) is 20.3. The lowest BCUT2D eigenvalue weighted by Crippen LogP contribution is -2.24. The largest absolute Gasteiger partial charge is 0.393 e. The quantitative estimate of drug-likeness (QED) is 0.413. The molecule has 0 saturated heterocycles. The predicted octanol–water partition coefficient (Wildman–Crippen LogP) is 1.38. The Labute approximate surface area is 200 Å². The van der Waals surface area contributed by atoms with Crippen LogP contribution in [0.2, 0.25) is 0 Å². The molecule has 0 radical (unpaired) electrons. The van der Waals surface area contributed by atoms with E-state index >= 15 is 0 Å². The van der Waals surface area contributed by atoms with Gasteiger partial charge in [-0.3, -0.25) is 13.7 Å². The third-order valence-electron chi connectivity index (χ3n) is 5.94. The van der Waals surface area contributed by atoms with Crippen molar-refractivity contribution in [2.24, 2.45) is 17.0 Å². The highest BCUT2D eigenvalue weighted by atomic mass is 32.2. The summed E-state index contributed by atoms with van der Waals surface area (Å²) in [5, 5.41) is 19.3. The van der Waals surface area contributed by atoms with Gasteiger partial charge in [0.25, 0.3) is 0 Å². The van der Waals surface area contributed by atoms with Gasteiger partial charge in [0.1, 0.15) is 23.7 Å². The van der Waals surface area contributed by atoms with Gasteiger partial charge < -0.3 is 5.11 Å². The zero-order valence-electron chi connectivity index (χ0n) is 18.4. The van der Waals surface area contributed by atoms with E-state index in [2.05, 4.69) is 19.2 Å². The Morgan fingerprint density at radius 3 is 2.80 bits per heavy atom. The Hall–Kier alpha value is -3.13. The van der Waals surface area contributed by atoms with Crippen molar-refractivity contribution in [3.05, 3.63) is 77.1 Å². The second-order valence-corrected chi connectivity index (χ2v) is 9.71. The van der Waals surface area contributed by atoms with E-state index in [9.17, 15) is 27.1 Å². The summed E-state index contributed by atoms with van der Waals surface area (Å²) in [5.41, 5.74) is 1.03. The van der Waals surface area contributed by atoms with Crippen LogP contribution >= 0.6 is 0 Å². The number of nitrogens with zero attached hydrogens (tertiary/aromatic N) is 4. The summed E-state index contributed by atoms with van der Waals surface area (Å²) < 4.78 is 55.1. The standard InChI is InChI=1S/C22H23F2N5O5S/c23-16-2-1-14(18(24)8-16)10-29-4-3-19(28-29)22(31)17-9-26-12-27-20(17)6-13-5-15(21(30)7-13)11-34-35(25,32)33/h1-4,8-9,12-13,15,21,30H,5-7,10-11H2,(H2,25,32,33)/t13-,15+,21-/m0/s1. The van der Waals surface area contributed by atoms with E-state index in [4.69, 9.17) is 5.14 Å². The zero-order chi connectivity index (χ0) is 25.2. The number of nitrogens with two attached hydrogens (primary N) is 1. The molecule has 10 nitrogen and oxygen atoms in total. The average molecular weight is 508 g/mol. The average Bonchev–Trinajstić information content (AvgIpc) is 3.40. The zero-order valence-corrected chi connectivity index (χ0v) is 19.2. The lowest BCUT2D eigenvalue weighted by molar-refractivity contribution is 0.100. The van der Waals surface area contributed by atoms with Crippen LogP contribution in [0.1, 0.15) is 40.2 Å². The van der Waals surface area contributed by atoms with Crippen LogP contribution < -0.4 is 5.14 Å². The molecule has 2 heterocycles. The highest BCUT2D eigenvalue weighted by Crippen LogP contribution is 2.34. The van der Waals surface area contributed by atoms with Gasteiger partial charge in [0.15, 0.2) is 0 Å². The van der Waals surface area contributed by atoms with E-state index in [1.165, 1.54) is 35.5 Å². The van der Waals surface area contributed by atoms with Crippen molar-refractivity contribution in [2.45, 2.75) is 31.9 Å². The van der Waals surface area contributed by atoms with Gasteiger partial charge in [-0.15, -0.1) is 0 Å². The molecule has 2 aromatic heterocycles. The molecule has 1 aromatic carbocycles. The number of hydrogen-bond donors (Lipinski definition) is 2. The van der Waals surface area contributed by atoms with Crippen molar-refractivity contribution in [2.75, 3.05) is 6.61 Å². The van der Waals surface area contributed by atoms with Crippen molar-refractivity contribution in [3.63, 3.8) is 0 Å². The fourth-order valence-electron chi connectivity index (χ4n) is 4.26. The SMILES string of the molecule is NS(=O)(=O)OC[C@H]1C[C@@H](Cc2ncncc2C(=O)c2ccn(Cc3ccc(F)cc3F)n2)C[C@@H]1O. The molecule has 35 heavy (non-hydrogen) atoms. The molecule has 3 N–H and O–H groups in total. The molecule has 1 aliphatic rings. The number of carbonyl (C=O) groups excluding carboxylic acids is 1. The third-order valence-corrected chi connectivity index (χ3v) is 6.41. The van der Waals surface area contributed by atoms with Gasteiger partial charge >= 0.3 is 10.3 Å². The van der Waals surface area contributed by atoms with Gasteiger partial charge in [-0.1, -0.05) is 6.07 Å². The summed E-state index contributed by atoms with van der Waals surface area (Å²) in [4.78, 5) is 21.3. The van der Waals surface area contributed by atoms with E-state index in [1.807, 2.05) is 0 Å². The number of aliphatic hydroxyl groups excluding tert-OH is 1. The molecule has 4 rings (SSSR count). The maximum Gasteiger partial charge on any atom is 0.333 e. The summed E-state index contributed by atoms with van der Waals surface area (Å²) in [6, 6.07) is 4.73. The molecule has 3 aromatic rings. The second kappa shape index (κ2) is 10.2. The number of benzene rings is 1. The Morgan fingerprint density at radius 1 is 1.26 bits per heavy atom. The molecule has 186 valence electrons. The van der Waals surface area contributed by atoms with E-state index < -0.39 is 39.7 Å².